The van der Waals surface area contributed by atoms with Crippen molar-refractivity contribution in [2.24, 2.45) is 0 Å². The molecule has 1 amide bonds. The number of ether oxygens (including phenoxy) is 1. The van der Waals surface area contributed by atoms with E-state index in [0.717, 1.165) is 17.1 Å². The second-order valence-corrected chi connectivity index (χ2v) is 7.30. The predicted octanol–water partition coefficient (Wildman–Crippen LogP) is 1.18. The molecule has 1 aromatic rings. The second-order valence-electron chi connectivity index (χ2n) is 5.15. The number of benzene rings is 1. The monoisotopic (exact) mass is 312 g/mol. The Kier molecular flexibility index (Phi) is 4.53. The Morgan fingerprint density at radius 3 is 2.38 bits per heavy atom. The highest BCUT2D eigenvalue weighted by atomic mass is 32.2. The molecule has 0 aliphatic carbocycles. The number of carbonyl (C=O) groups is 1. The molecule has 0 aromatic heterocycles. The zero-order chi connectivity index (χ0) is 15.6. The van der Waals surface area contributed by atoms with Crippen LogP contribution in [0.4, 0.5) is 0 Å². The molecule has 0 unspecified atom stereocenters. The largest absolute Gasteiger partial charge is 0.496 e. The average Bonchev–Trinajstić information content (AvgIpc) is 2.99. The van der Waals surface area contributed by atoms with Crippen molar-refractivity contribution in [2.75, 3.05) is 34.3 Å². The second kappa shape index (κ2) is 6.03. The summed E-state index contributed by atoms with van der Waals surface area (Å²) in [7, 11) is 0.814. The first kappa shape index (κ1) is 15.8. The van der Waals surface area contributed by atoms with E-state index in [0.29, 0.717) is 24.4 Å². The van der Waals surface area contributed by atoms with E-state index in [2.05, 4.69) is 0 Å². The number of methoxy groups -OCH3 is 1. The van der Waals surface area contributed by atoms with Crippen LogP contribution in [0.5, 0.6) is 5.75 Å². The maximum Gasteiger partial charge on any atom is 0.257 e. The Morgan fingerprint density at radius 2 is 1.86 bits per heavy atom. The van der Waals surface area contributed by atoms with Gasteiger partial charge in [0, 0.05) is 27.2 Å². The Labute approximate surface area is 125 Å². The van der Waals surface area contributed by atoms with Gasteiger partial charge in [-0.3, -0.25) is 4.79 Å². The van der Waals surface area contributed by atoms with Crippen molar-refractivity contribution in [1.29, 1.82) is 0 Å². The van der Waals surface area contributed by atoms with E-state index >= 15 is 0 Å². The number of nitrogens with zero attached hydrogens (tertiary/aromatic N) is 2. The third kappa shape index (κ3) is 3.03. The summed E-state index contributed by atoms with van der Waals surface area (Å²) in [5.41, 5.74) is 0.294. The summed E-state index contributed by atoms with van der Waals surface area (Å²) >= 11 is 0. The number of carbonyl (C=O) groups excluding carboxylic acids is 1. The maximum absolute atomic E-state index is 12.5. The minimum Gasteiger partial charge on any atom is -0.496 e. The fourth-order valence-corrected chi connectivity index (χ4v) is 3.24. The summed E-state index contributed by atoms with van der Waals surface area (Å²) in [6.45, 7) is 1.40. The smallest absolute Gasteiger partial charge is 0.257 e. The average molecular weight is 312 g/mol. The van der Waals surface area contributed by atoms with Crippen molar-refractivity contribution in [3.63, 3.8) is 0 Å². The molecule has 1 aromatic carbocycles. The molecule has 0 radical (unpaired) electrons. The molecular formula is C14H20N2O4S. The summed E-state index contributed by atoms with van der Waals surface area (Å²) in [5.74, 6) is 0.213. The van der Waals surface area contributed by atoms with Gasteiger partial charge in [0.1, 0.15) is 5.75 Å². The molecule has 1 fully saturated rings. The van der Waals surface area contributed by atoms with Gasteiger partial charge in [-0.05, 0) is 31.0 Å². The SMILES string of the molecule is COc1ccc(S(=O)(=O)N(C)C)cc1C(=O)N1CCCC1. The molecule has 21 heavy (non-hydrogen) atoms. The lowest BCUT2D eigenvalue weighted by atomic mass is 10.1. The van der Waals surface area contributed by atoms with E-state index in [1.165, 1.54) is 39.4 Å². The highest BCUT2D eigenvalue weighted by Crippen LogP contribution is 2.26. The Balaban J connectivity index is 2.46. The zero-order valence-electron chi connectivity index (χ0n) is 12.5. The van der Waals surface area contributed by atoms with Gasteiger partial charge in [0.2, 0.25) is 10.0 Å². The molecule has 0 saturated carbocycles. The van der Waals surface area contributed by atoms with E-state index in [9.17, 15) is 13.2 Å². The van der Waals surface area contributed by atoms with Gasteiger partial charge in [-0.1, -0.05) is 0 Å². The van der Waals surface area contributed by atoms with Gasteiger partial charge in [0.25, 0.3) is 5.91 Å². The quantitative estimate of drug-likeness (QED) is 0.837. The minimum atomic E-state index is -3.57. The standard InChI is InChI=1S/C14H20N2O4S/c1-15(2)21(18,19)11-6-7-13(20-3)12(10-11)14(17)16-8-4-5-9-16/h6-7,10H,4-5,8-9H2,1-3H3. The Morgan fingerprint density at radius 1 is 1.24 bits per heavy atom. The van der Waals surface area contributed by atoms with E-state index in [4.69, 9.17) is 4.74 Å². The highest BCUT2D eigenvalue weighted by molar-refractivity contribution is 7.89. The minimum absolute atomic E-state index is 0.0934. The number of sulfonamides is 1. The van der Waals surface area contributed by atoms with Gasteiger partial charge < -0.3 is 9.64 Å². The summed E-state index contributed by atoms with van der Waals surface area (Å²) in [5, 5.41) is 0. The third-order valence-corrected chi connectivity index (χ3v) is 5.38. The van der Waals surface area contributed by atoms with Crippen molar-refractivity contribution in [3.8, 4) is 5.75 Å². The van der Waals surface area contributed by atoms with Crippen molar-refractivity contribution >= 4 is 15.9 Å². The van der Waals surface area contributed by atoms with Crippen molar-refractivity contribution in [2.45, 2.75) is 17.7 Å². The predicted molar refractivity (Wildman–Crippen MR) is 79.0 cm³/mol. The van der Waals surface area contributed by atoms with Crippen molar-refractivity contribution in [1.82, 2.24) is 9.21 Å². The van der Waals surface area contributed by atoms with Crippen LogP contribution in [0, 0.1) is 0 Å². The molecule has 0 bridgehead atoms. The van der Waals surface area contributed by atoms with E-state index < -0.39 is 10.0 Å². The van der Waals surface area contributed by atoms with Crippen molar-refractivity contribution in [3.05, 3.63) is 23.8 Å². The van der Waals surface area contributed by atoms with Gasteiger partial charge in [-0.2, -0.15) is 0 Å². The summed E-state index contributed by atoms with van der Waals surface area (Å²) < 4.78 is 30.7. The third-order valence-electron chi connectivity index (χ3n) is 3.57. The lowest BCUT2D eigenvalue weighted by molar-refractivity contribution is 0.0789. The molecule has 1 heterocycles. The first-order valence-electron chi connectivity index (χ1n) is 6.78. The summed E-state index contributed by atoms with van der Waals surface area (Å²) in [6.07, 6.45) is 1.95. The van der Waals surface area contributed by atoms with Gasteiger partial charge in [0.05, 0.1) is 17.6 Å². The number of hydrogen-bond acceptors (Lipinski definition) is 4. The fraction of sp³-hybridized carbons (Fsp3) is 0.500. The van der Waals surface area contributed by atoms with E-state index in [1.807, 2.05) is 0 Å². The summed E-state index contributed by atoms with van der Waals surface area (Å²) in [6, 6.07) is 4.38. The molecule has 1 saturated heterocycles. The van der Waals surface area contributed by atoms with Crippen LogP contribution in [0.15, 0.2) is 23.1 Å². The number of likely N-dealkylation sites (tertiary alicyclic amines) is 1. The first-order valence-corrected chi connectivity index (χ1v) is 8.22. The van der Waals surface area contributed by atoms with Crippen LogP contribution in [-0.2, 0) is 10.0 Å². The van der Waals surface area contributed by atoms with Crippen LogP contribution in [-0.4, -0.2) is 57.8 Å². The molecule has 7 heteroatoms. The maximum atomic E-state index is 12.5. The number of rotatable bonds is 4. The molecule has 116 valence electrons. The highest BCUT2D eigenvalue weighted by Gasteiger charge is 2.25. The zero-order valence-corrected chi connectivity index (χ0v) is 13.3. The molecule has 2 rings (SSSR count). The normalized spacial score (nSPS) is 15.5. The van der Waals surface area contributed by atoms with Crippen LogP contribution in [0.3, 0.4) is 0 Å². The van der Waals surface area contributed by atoms with E-state index in [-0.39, 0.29) is 10.8 Å². The molecular weight excluding hydrogens is 292 g/mol. The summed E-state index contributed by atoms with van der Waals surface area (Å²) in [4.78, 5) is 14.3. The molecule has 6 nitrogen and oxygen atoms in total. The van der Waals surface area contributed by atoms with Crippen LogP contribution < -0.4 is 4.74 Å². The van der Waals surface area contributed by atoms with Crippen LogP contribution in [0.2, 0.25) is 0 Å². The van der Waals surface area contributed by atoms with E-state index in [1.54, 1.807) is 4.90 Å². The molecule has 0 atom stereocenters. The number of hydrogen-bond donors (Lipinski definition) is 0. The fourth-order valence-electron chi connectivity index (χ4n) is 2.32. The lowest BCUT2D eigenvalue weighted by Gasteiger charge is -2.18. The van der Waals surface area contributed by atoms with Crippen molar-refractivity contribution < 1.29 is 17.9 Å². The molecule has 0 N–H and O–H groups in total. The number of amides is 1. The van der Waals surface area contributed by atoms with Gasteiger partial charge in [-0.25, -0.2) is 12.7 Å². The Bertz CT molecular complexity index is 634. The van der Waals surface area contributed by atoms with Gasteiger partial charge in [0.15, 0.2) is 0 Å². The van der Waals surface area contributed by atoms with Crippen LogP contribution in [0.25, 0.3) is 0 Å². The topological polar surface area (TPSA) is 66.9 Å². The van der Waals surface area contributed by atoms with Crippen LogP contribution in [0.1, 0.15) is 23.2 Å². The lowest BCUT2D eigenvalue weighted by Crippen LogP contribution is -2.28. The first-order chi connectivity index (χ1) is 9.87. The van der Waals surface area contributed by atoms with Crippen LogP contribution >= 0.6 is 0 Å². The molecule has 1 aliphatic heterocycles. The van der Waals surface area contributed by atoms with Gasteiger partial charge in [-0.15, -0.1) is 0 Å². The molecule has 1 aliphatic rings. The van der Waals surface area contributed by atoms with Gasteiger partial charge >= 0.3 is 0 Å². The molecule has 0 spiro atoms. The Hall–Kier alpha value is -1.60.